The minimum Gasteiger partial charge on any atom is -0.450 e. The molecule has 0 unspecified atom stereocenters. The molecular formula is C14H11N3O4. The molecule has 2 heterocycles. The Morgan fingerprint density at radius 1 is 1.24 bits per heavy atom. The van der Waals surface area contributed by atoms with E-state index in [1.54, 1.807) is 6.92 Å². The number of nitrogens with zero attached hydrogens (tertiary/aromatic N) is 3. The zero-order valence-corrected chi connectivity index (χ0v) is 11.1. The van der Waals surface area contributed by atoms with Crippen LogP contribution in [0.1, 0.15) is 22.1 Å². The van der Waals surface area contributed by atoms with Crippen molar-refractivity contribution in [3.63, 3.8) is 0 Å². The SMILES string of the molecule is Cc1cc(C(=O)OCc2nnc(-c3ccccc3)o2)on1. The number of carbonyl (C=O) groups is 1. The minimum absolute atomic E-state index is 0.0373. The Balaban J connectivity index is 1.64. The third-order valence-electron chi connectivity index (χ3n) is 2.64. The second kappa shape index (κ2) is 5.58. The summed E-state index contributed by atoms with van der Waals surface area (Å²) in [7, 11) is 0. The molecule has 0 saturated carbocycles. The molecule has 0 aliphatic carbocycles. The topological polar surface area (TPSA) is 91.2 Å². The molecule has 0 radical (unpaired) electrons. The molecule has 0 bridgehead atoms. The van der Waals surface area contributed by atoms with Crippen molar-refractivity contribution < 1.29 is 18.5 Å². The molecule has 7 nitrogen and oxygen atoms in total. The fraction of sp³-hybridized carbons (Fsp3) is 0.143. The summed E-state index contributed by atoms with van der Waals surface area (Å²) in [5, 5.41) is 11.3. The highest BCUT2D eigenvalue weighted by Crippen LogP contribution is 2.17. The fourth-order valence-electron chi connectivity index (χ4n) is 1.67. The van der Waals surface area contributed by atoms with Crippen LogP contribution in [0, 0.1) is 6.92 Å². The van der Waals surface area contributed by atoms with Crippen LogP contribution in [0.5, 0.6) is 0 Å². The molecule has 0 fully saturated rings. The molecule has 0 saturated heterocycles. The number of ether oxygens (including phenoxy) is 1. The summed E-state index contributed by atoms with van der Waals surface area (Å²) in [5.74, 6) is -0.0130. The van der Waals surface area contributed by atoms with Crippen LogP contribution in [-0.2, 0) is 11.3 Å². The van der Waals surface area contributed by atoms with E-state index in [1.165, 1.54) is 6.07 Å². The molecule has 0 N–H and O–H groups in total. The van der Waals surface area contributed by atoms with Gasteiger partial charge in [0.15, 0.2) is 6.61 Å². The van der Waals surface area contributed by atoms with E-state index in [2.05, 4.69) is 15.4 Å². The Morgan fingerprint density at radius 2 is 2.05 bits per heavy atom. The van der Waals surface area contributed by atoms with E-state index in [4.69, 9.17) is 13.7 Å². The van der Waals surface area contributed by atoms with Crippen LogP contribution in [0.4, 0.5) is 0 Å². The molecule has 3 rings (SSSR count). The van der Waals surface area contributed by atoms with Crippen molar-refractivity contribution in [2.24, 2.45) is 0 Å². The summed E-state index contributed by atoms with van der Waals surface area (Å²) >= 11 is 0. The largest absolute Gasteiger partial charge is 0.450 e. The van der Waals surface area contributed by atoms with Gasteiger partial charge in [-0.15, -0.1) is 10.2 Å². The molecule has 1 aromatic carbocycles. The van der Waals surface area contributed by atoms with E-state index in [-0.39, 0.29) is 18.3 Å². The molecule has 0 aliphatic rings. The molecule has 2 aromatic heterocycles. The summed E-state index contributed by atoms with van der Waals surface area (Å²) in [6.07, 6.45) is 0. The Morgan fingerprint density at radius 3 is 2.76 bits per heavy atom. The molecule has 7 heteroatoms. The van der Waals surface area contributed by atoms with Gasteiger partial charge in [-0.1, -0.05) is 23.4 Å². The fourth-order valence-corrected chi connectivity index (χ4v) is 1.67. The van der Waals surface area contributed by atoms with Crippen molar-refractivity contribution in [3.8, 4) is 11.5 Å². The third-order valence-corrected chi connectivity index (χ3v) is 2.64. The van der Waals surface area contributed by atoms with Gasteiger partial charge >= 0.3 is 5.97 Å². The maximum atomic E-state index is 11.7. The van der Waals surface area contributed by atoms with E-state index in [9.17, 15) is 4.79 Å². The van der Waals surface area contributed by atoms with Gasteiger partial charge in [0.25, 0.3) is 5.89 Å². The number of esters is 1. The third kappa shape index (κ3) is 2.97. The molecule has 0 spiro atoms. The lowest BCUT2D eigenvalue weighted by Crippen LogP contribution is -2.04. The van der Waals surface area contributed by atoms with Gasteiger partial charge in [-0.25, -0.2) is 4.79 Å². The first kappa shape index (κ1) is 13.0. The molecular weight excluding hydrogens is 274 g/mol. The van der Waals surface area contributed by atoms with Crippen LogP contribution in [0.25, 0.3) is 11.5 Å². The van der Waals surface area contributed by atoms with Crippen molar-refractivity contribution in [2.75, 3.05) is 0 Å². The maximum Gasteiger partial charge on any atom is 0.377 e. The molecule has 0 atom stereocenters. The Bertz CT molecular complexity index is 748. The van der Waals surface area contributed by atoms with Crippen molar-refractivity contribution in [2.45, 2.75) is 13.5 Å². The maximum absolute atomic E-state index is 11.7. The standard InChI is InChI=1S/C14H11N3O4/c1-9-7-11(21-17-9)14(18)19-8-12-15-16-13(20-12)10-5-3-2-4-6-10/h2-7H,8H2,1H3. The first-order valence-electron chi connectivity index (χ1n) is 6.20. The monoisotopic (exact) mass is 285 g/mol. The quantitative estimate of drug-likeness (QED) is 0.679. The van der Waals surface area contributed by atoms with Crippen LogP contribution in [-0.4, -0.2) is 21.3 Å². The van der Waals surface area contributed by atoms with E-state index < -0.39 is 5.97 Å². The van der Waals surface area contributed by atoms with Gasteiger partial charge in [0.05, 0.1) is 5.69 Å². The van der Waals surface area contributed by atoms with E-state index in [1.807, 2.05) is 30.3 Å². The number of rotatable bonds is 4. The van der Waals surface area contributed by atoms with Gasteiger partial charge < -0.3 is 13.7 Å². The predicted octanol–water partition coefficient (Wildman–Crippen LogP) is 2.39. The molecule has 0 amide bonds. The van der Waals surface area contributed by atoms with E-state index in [0.717, 1.165) is 5.56 Å². The summed E-state index contributed by atoms with van der Waals surface area (Å²) in [6.45, 7) is 1.59. The van der Waals surface area contributed by atoms with Crippen molar-refractivity contribution >= 4 is 5.97 Å². The average Bonchev–Trinajstić information content (AvgIpc) is 3.15. The van der Waals surface area contributed by atoms with E-state index >= 15 is 0 Å². The summed E-state index contributed by atoms with van der Waals surface area (Å²) in [4.78, 5) is 11.7. The lowest BCUT2D eigenvalue weighted by Gasteiger charge is -1.97. The number of hydrogen-bond donors (Lipinski definition) is 0. The van der Waals surface area contributed by atoms with Crippen molar-refractivity contribution in [3.05, 3.63) is 53.7 Å². The molecule has 0 aliphatic heterocycles. The van der Waals surface area contributed by atoms with Crippen molar-refractivity contribution in [1.29, 1.82) is 0 Å². The number of hydrogen-bond acceptors (Lipinski definition) is 7. The van der Waals surface area contributed by atoms with Crippen LogP contribution >= 0.6 is 0 Å². The van der Waals surface area contributed by atoms with Gasteiger partial charge in [-0.3, -0.25) is 0 Å². The lowest BCUT2D eigenvalue weighted by molar-refractivity contribution is 0.0392. The Kier molecular flexibility index (Phi) is 3.46. The Hall–Kier alpha value is -2.96. The minimum atomic E-state index is -0.630. The highest BCUT2D eigenvalue weighted by atomic mass is 16.6. The summed E-state index contributed by atoms with van der Waals surface area (Å²) < 4.78 is 15.2. The highest BCUT2D eigenvalue weighted by molar-refractivity contribution is 5.86. The molecule has 21 heavy (non-hydrogen) atoms. The first-order chi connectivity index (χ1) is 10.2. The second-order valence-corrected chi connectivity index (χ2v) is 4.28. The van der Waals surface area contributed by atoms with E-state index in [0.29, 0.717) is 11.6 Å². The van der Waals surface area contributed by atoms with Gasteiger partial charge in [0.1, 0.15) is 0 Å². The number of aryl methyl sites for hydroxylation is 1. The Labute approximate surface area is 119 Å². The number of benzene rings is 1. The smallest absolute Gasteiger partial charge is 0.377 e. The van der Waals surface area contributed by atoms with Gasteiger partial charge in [-0.2, -0.15) is 0 Å². The predicted molar refractivity (Wildman–Crippen MR) is 70.1 cm³/mol. The number of aromatic nitrogens is 3. The average molecular weight is 285 g/mol. The highest BCUT2D eigenvalue weighted by Gasteiger charge is 2.15. The number of carbonyl (C=O) groups excluding carboxylic acids is 1. The van der Waals surface area contributed by atoms with Crippen LogP contribution in [0.2, 0.25) is 0 Å². The van der Waals surface area contributed by atoms with Crippen molar-refractivity contribution in [1.82, 2.24) is 15.4 Å². The van der Waals surface area contributed by atoms with Crippen LogP contribution in [0.3, 0.4) is 0 Å². The normalized spacial score (nSPS) is 10.5. The van der Waals surface area contributed by atoms with Gasteiger partial charge in [-0.05, 0) is 19.1 Å². The summed E-state index contributed by atoms with van der Waals surface area (Å²) in [5.41, 5.74) is 1.40. The van der Waals surface area contributed by atoms with Crippen LogP contribution < -0.4 is 0 Å². The molecule has 106 valence electrons. The lowest BCUT2D eigenvalue weighted by atomic mass is 10.2. The second-order valence-electron chi connectivity index (χ2n) is 4.28. The summed E-state index contributed by atoms with van der Waals surface area (Å²) in [6, 6.07) is 10.8. The van der Waals surface area contributed by atoms with Gasteiger partial charge in [0.2, 0.25) is 11.7 Å². The zero-order chi connectivity index (χ0) is 14.7. The molecule has 3 aromatic rings. The van der Waals surface area contributed by atoms with Gasteiger partial charge in [0, 0.05) is 11.6 Å². The first-order valence-corrected chi connectivity index (χ1v) is 6.20. The zero-order valence-electron chi connectivity index (χ0n) is 11.1. The van der Waals surface area contributed by atoms with Crippen LogP contribution in [0.15, 0.2) is 45.3 Å².